The molecule has 0 bridgehead atoms. The van der Waals surface area contributed by atoms with Crippen LogP contribution in [0.5, 0.6) is 0 Å². The standard InChI is InChI=1S/C7H14Cl2FN/c1-2-7(5-8,6-9)11-4-3-10/h11H,2-6H2,1H3. The summed E-state index contributed by atoms with van der Waals surface area (Å²) in [6.07, 6.45) is 0.819. The molecule has 0 atom stereocenters. The average Bonchev–Trinajstić information content (AvgIpc) is 2.08. The van der Waals surface area contributed by atoms with E-state index in [0.29, 0.717) is 18.3 Å². The van der Waals surface area contributed by atoms with Crippen LogP contribution in [0.4, 0.5) is 4.39 Å². The molecule has 0 rings (SSSR count). The number of nitrogens with one attached hydrogen (secondary N) is 1. The van der Waals surface area contributed by atoms with Gasteiger partial charge >= 0.3 is 0 Å². The topological polar surface area (TPSA) is 12.0 Å². The normalized spacial score (nSPS) is 12.0. The van der Waals surface area contributed by atoms with Gasteiger partial charge in [0.05, 0.1) is 0 Å². The molecule has 0 unspecified atom stereocenters. The van der Waals surface area contributed by atoms with E-state index >= 15 is 0 Å². The third-order valence-corrected chi connectivity index (χ3v) is 2.81. The maximum atomic E-state index is 11.8. The van der Waals surface area contributed by atoms with E-state index in [0.717, 1.165) is 6.42 Å². The van der Waals surface area contributed by atoms with Crippen LogP contribution in [0.25, 0.3) is 0 Å². The summed E-state index contributed by atoms with van der Waals surface area (Å²) < 4.78 is 11.8. The maximum absolute atomic E-state index is 11.8. The summed E-state index contributed by atoms with van der Waals surface area (Å²) in [5.74, 6) is 0.847. The van der Waals surface area contributed by atoms with Gasteiger partial charge in [-0.3, -0.25) is 0 Å². The predicted octanol–water partition coefficient (Wildman–Crippen LogP) is 2.17. The van der Waals surface area contributed by atoms with Gasteiger partial charge in [-0.1, -0.05) is 6.92 Å². The van der Waals surface area contributed by atoms with E-state index in [1.807, 2.05) is 6.92 Å². The smallest absolute Gasteiger partial charge is 0.102 e. The highest BCUT2D eigenvalue weighted by Gasteiger charge is 2.24. The first kappa shape index (κ1) is 11.5. The van der Waals surface area contributed by atoms with Crippen LogP contribution in [-0.2, 0) is 0 Å². The fourth-order valence-corrected chi connectivity index (χ4v) is 1.61. The SMILES string of the molecule is CCC(CCl)(CCl)NCCF. The Kier molecular flexibility index (Phi) is 6.30. The minimum atomic E-state index is -0.379. The van der Waals surface area contributed by atoms with Crippen LogP contribution in [0.1, 0.15) is 13.3 Å². The van der Waals surface area contributed by atoms with E-state index in [1.165, 1.54) is 0 Å². The van der Waals surface area contributed by atoms with Gasteiger partial charge in [0, 0.05) is 23.8 Å². The number of hydrogen-bond donors (Lipinski definition) is 1. The average molecular weight is 202 g/mol. The molecule has 0 aliphatic rings. The van der Waals surface area contributed by atoms with Crippen LogP contribution in [0, 0.1) is 0 Å². The Bertz CT molecular complexity index is 88.2. The zero-order chi connectivity index (χ0) is 8.74. The van der Waals surface area contributed by atoms with Crippen LogP contribution in [-0.4, -0.2) is 30.5 Å². The molecule has 0 aromatic carbocycles. The molecule has 0 heterocycles. The molecule has 0 fully saturated rings. The predicted molar refractivity (Wildman–Crippen MR) is 48.4 cm³/mol. The van der Waals surface area contributed by atoms with Gasteiger partial charge in [0.25, 0.3) is 0 Å². The van der Waals surface area contributed by atoms with Crippen molar-refractivity contribution in [2.45, 2.75) is 18.9 Å². The van der Waals surface area contributed by atoms with E-state index in [1.54, 1.807) is 0 Å². The Morgan fingerprint density at radius 2 is 1.91 bits per heavy atom. The molecule has 0 amide bonds. The van der Waals surface area contributed by atoms with Crippen LogP contribution in [0.3, 0.4) is 0 Å². The molecule has 68 valence electrons. The summed E-state index contributed by atoms with van der Waals surface area (Å²) in [7, 11) is 0. The zero-order valence-electron chi connectivity index (χ0n) is 6.67. The first-order chi connectivity index (χ1) is 5.24. The van der Waals surface area contributed by atoms with Crippen molar-refractivity contribution in [2.24, 2.45) is 0 Å². The maximum Gasteiger partial charge on any atom is 0.102 e. The first-order valence-electron chi connectivity index (χ1n) is 3.67. The molecule has 1 nitrogen and oxygen atoms in total. The van der Waals surface area contributed by atoms with Crippen LogP contribution < -0.4 is 5.32 Å². The van der Waals surface area contributed by atoms with E-state index < -0.39 is 0 Å². The van der Waals surface area contributed by atoms with Gasteiger partial charge in [-0.25, -0.2) is 4.39 Å². The molecule has 0 aromatic heterocycles. The van der Waals surface area contributed by atoms with Crippen LogP contribution in [0.2, 0.25) is 0 Å². The fourth-order valence-electron chi connectivity index (χ4n) is 0.757. The zero-order valence-corrected chi connectivity index (χ0v) is 8.18. The van der Waals surface area contributed by atoms with E-state index in [4.69, 9.17) is 23.2 Å². The highest BCUT2D eigenvalue weighted by molar-refractivity contribution is 6.22. The second-order valence-corrected chi connectivity index (χ2v) is 3.05. The third kappa shape index (κ3) is 3.59. The Labute approximate surface area is 77.3 Å². The minimum Gasteiger partial charge on any atom is -0.306 e. The molecule has 4 heteroatoms. The second-order valence-electron chi connectivity index (χ2n) is 2.52. The number of alkyl halides is 3. The van der Waals surface area contributed by atoms with Crippen molar-refractivity contribution in [1.29, 1.82) is 0 Å². The summed E-state index contributed by atoms with van der Waals surface area (Å²) in [6, 6.07) is 0. The number of hydrogen-bond acceptors (Lipinski definition) is 1. The van der Waals surface area contributed by atoms with Crippen molar-refractivity contribution in [3.05, 3.63) is 0 Å². The van der Waals surface area contributed by atoms with E-state index in [-0.39, 0.29) is 12.2 Å². The highest BCUT2D eigenvalue weighted by Crippen LogP contribution is 2.14. The van der Waals surface area contributed by atoms with Crippen molar-refractivity contribution in [2.75, 3.05) is 25.0 Å². The van der Waals surface area contributed by atoms with Crippen molar-refractivity contribution < 1.29 is 4.39 Å². The molecular formula is C7H14Cl2FN. The van der Waals surface area contributed by atoms with Gasteiger partial charge in [-0.2, -0.15) is 0 Å². The van der Waals surface area contributed by atoms with Crippen molar-refractivity contribution in [3.63, 3.8) is 0 Å². The van der Waals surface area contributed by atoms with Crippen LogP contribution >= 0.6 is 23.2 Å². The molecule has 1 N–H and O–H groups in total. The molecule has 0 aliphatic carbocycles. The van der Waals surface area contributed by atoms with Crippen molar-refractivity contribution in [1.82, 2.24) is 5.32 Å². The summed E-state index contributed by atoms with van der Waals surface area (Å²) >= 11 is 11.4. The number of rotatable bonds is 6. The van der Waals surface area contributed by atoms with Gasteiger partial charge in [0.1, 0.15) is 6.67 Å². The second kappa shape index (κ2) is 6.04. The molecule has 0 aliphatic heterocycles. The lowest BCUT2D eigenvalue weighted by atomic mass is 10.0. The molecule has 0 radical (unpaired) electrons. The van der Waals surface area contributed by atoms with Gasteiger partial charge in [0.2, 0.25) is 0 Å². The molecule has 0 aromatic rings. The number of halogens is 3. The van der Waals surface area contributed by atoms with Gasteiger partial charge in [0.15, 0.2) is 0 Å². The Morgan fingerprint density at radius 1 is 1.36 bits per heavy atom. The van der Waals surface area contributed by atoms with Gasteiger partial charge in [-0.05, 0) is 6.42 Å². The molecule has 0 saturated heterocycles. The summed E-state index contributed by atoms with van der Waals surface area (Å²) in [5.41, 5.74) is -0.283. The molecule has 0 saturated carbocycles. The van der Waals surface area contributed by atoms with Crippen molar-refractivity contribution >= 4 is 23.2 Å². The van der Waals surface area contributed by atoms with Gasteiger partial charge in [-0.15, -0.1) is 23.2 Å². The van der Waals surface area contributed by atoms with Gasteiger partial charge < -0.3 is 5.32 Å². The Morgan fingerprint density at radius 3 is 2.18 bits per heavy atom. The first-order valence-corrected chi connectivity index (χ1v) is 4.74. The Balaban J connectivity index is 3.84. The quantitative estimate of drug-likeness (QED) is 0.651. The lowest BCUT2D eigenvalue weighted by Gasteiger charge is -2.29. The molecule has 0 spiro atoms. The largest absolute Gasteiger partial charge is 0.306 e. The van der Waals surface area contributed by atoms with E-state index in [2.05, 4.69) is 5.32 Å². The molecular weight excluding hydrogens is 188 g/mol. The summed E-state index contributed by atoms with van der Waals surface area (Å²) in [6.45, 7) is 1.93. The summed E-state index contributed by atoms with van der Waals surface area (Å²) in [5, 5.41) is 2.99. The Hall–Kier alpha value is 0.470. The van der Waals surface area contributed by atoms with Crippen LogP contribution in [0.15, 0.2) is 0 Å². The molecule has 11 heavy (non-hydrogen) atoms. The highest BCUT2D eigenvalue weighted by atomic mass is 35.5. The summed E-state index contributed by atoms with van der Waals surface area (Å²) in [4.78, 5) is 0. The lowest BCUT2D eigenvalue weighted by molar-refractivity contribution is 0.355. The minimum absolute atomic E-state index is 0.283. The third-order valence-electron chi connectivity index (χ3n) is 1.78. The lowest BCUT2D eigenvalue weighted by Crippen LogP contribution is -2.49. The fraction of sp³-hybridized carbons (Fsp3) is 1.00. The van der Waals surface area contributed by atoms with Crippen molar-refractivity contribution in [3.8, 4) is 0 Å². The monoisotopic (exact) mass is 201 g/mol. The van der Waals surface area contributed by atoms with E-state index in [9.17, 15) is 4.39 Å².